The van der Waals surface area contributed by atoms with Gasteiger partial charge in [-0.05, 0) is 32.9 Å². The highest BCUT2D eigenvalue weighted by atomic mass is 32.1. The summed E-state index contributed by atoms with van der Waals surface area (Å²) in [6.45, 7) is 5.88. The first kappa shape index (κ1) is 25.5. The minimum Gasteiger partial charge on any atom is -0.472 e. The number of aromatic nitrogens is 4. The molecule has 3 unspecified atom stereocenters. The van der Waals surface area contributed by atoms with Crippen molar-refractivity contribution in [2.24, 2.45) is 0 Å². The molecule has 4 aromatic heterocycles. The van der Waals surface area contributed by atoms with Gasteiger partial charge in [0.05, 0.1) is 24.8 Å². The van der Waals surface area contributed by atoms with Crippen LogP contribution < -0.4 is 25.8 Å². The van der Waals surface area contributed by atoms with E-state index in [2.05, 4.69) is 21.0 Å². The Labute approximate surface area is 233 Å². The summed E-state index contributed by atoms with van der Waals surface area (Å²) in [5.41, 5.74) is 13.8. The lowest BCUT2D eigenvalue weighted by molar-refractivity contribution is 0.186. The number of anilines is 3. The maximum Gasteiger partial charge on any atom is 0.318 e. The summed E-state index contributed by atoms with van der Waals surface area (Å²) >= 11 is 1.26. The van der Waals surface area contributed by atoms with Gasteiger partial charge in [-0.3, -0.25) is 0 Å². The zero-order valence-electron chi connectivity index (χ0n) is 22.1. The number of hydrogen-bond donors (Lipinski definition) is 2. The number of benzene rings is 1. The first-order chi connectivity index (χ1) is 19.2. The minimum absolute atomic E-state index is 0.00745. The molecule has 5 aromatic rings. The highest BCUT2D eigenvalue weighted by Crippen LogP contribution is 2.46. The van der Waals surface area contributed by atoms with Gasteiger partial charge in [0.1, 0.15) is 45.4 Å². The van der Waals surface area contributed by atoms with Crippen LogP contribution in [0.5, 0.6) is 11.9 Å². The second-order valence-corrected chi connectivity index (χ2v) is 10.7. The molecule has 0 saturated heterocycles. The van der Waals surface area contributed by atoms with Gasteiger partial charge in [0.2, 0.25) is 5.88 Å². The molecule has 0 fully saturated rings. The Bertz CT molecular complexity index is 1850. The monoisotopic (exact) mass is 556 g/mol. The van der Waals surface area contributed by atoms with Crippen LogP contribution in [0.4, 0.5) is 21.0 Å². The molecule has 0 radical (unpaired) electrons. The number of nitrogens with zero attached hydrogens (tertiary/aromatic N) is 6. The number of halogens is 1. The van der Waals surface area contributed by atoms with E-state index in [9.17, 15) is 5.26 Å². The van der Waals surface area contributed by atoms with Crippen molar-refractivity contribution in [3.8, 4) is 29.2 Å². The van der Waals surface area contributed by atoms with Gasteiger partial charge in [-0.25, -0.2) is 14.4 Å². The second kappa shape index (κ2) is 9.46. The SMILES string of the molecule is COc1nc2c3c(nc(-c4cccc5sc(N)c(C#N)c45)c(F)c3n1)OC(C)C(C)N2C(C)c1cccnc1N. The average Bonchev–Trinajstić information content (AvgIpc) is 3.24. The second-order valence-electron chi connectivity index (χ2n) is 9.59. The van der Waals surface area contributed by atoms with Gasteiger partial charge in [-0.1, -0.05) is 18.2 Å². The first-order valence-electron chi connectivity index (χ1n) is 12.6. The Balaban J connectivity index is 1.67. The number of fused-ring (bicyclic) bond motifs is 1. The van der Waals surface area contributed by atoms with Crippen molar-refractivity contribution in [2.75, 3.05) is 23.5 Å². The normalized spacial score (nSPS) is 17.4. The van der Waals surface area contributed by atoms with Gasteiger partial charge in [0.15, 0.2) is 5.82 Å². The van der Waals surface area contributed by atoms with Crippen LogP contribution in [0.25, 0.3) is 32.2 Å². The molecule has 0 spiro atoms. The highest BCUT2D eigenvalue weighted by molar-refractivity contribution is 7.23. The molecule has 3 atom stereocenters. The van der Waals surface area contributed by atoms with Crippen molar-refractivity contribution in [3.63, 3.8) is 0 Å². The molecule has 10 nitrogen and oxygen atoms in total. The number of rotatable bonds is 4. The van der Waals surface area contributed by atoms with Crippen molar-refractivity contribution < 1.29 is 13.9 Å². The van der Waals surface area contributed by atoms with Gasteiger partial charge < -0.3 is 25.8 Å². The molecule has 1 aliphatic rings. The van der Waals surface area contributed by atoms with Crippen LogP contribution in [0.15, 0.2) is 36.5 Å². The van der Waals surface area contributed by atoms with Crippen LogP contribution in [-0.2, 0) is 0 Å². The van der Waals surface area contributed by atoms with Crippen LogP contribution in [0.3, 0.4) is 0 Å². The van der Waals surface area contributed by atoms with Crippen molar-refractivity contribution in [3.05, 3.63) is 53.5 Å². The molecule has 202 valence electrons. The Morgan fingerprint density at radius 1 is 1.15 bits per heavy atom. The van der Waals surface area contributed by atoms with Crippen LogP contribution in [-0.4, -0.2) is 39.2 Å². The first-order valence-corrected chi connectivity index (χ1v) is 13.4. The van der Waals surface area contributed by atoms with Crippen LogP contribution in [0, 0.1) is 17.1 Å². The number of thiophene rings is 1. The molecule has 0 bridgehead atoms. The van der Waals surface area contributed by atoms with E-state index in [1.165, 1.54) is 18.4 Å². The Hall–Kier alpha value is -4.76. The summed E-state index contributed by atoms with van der Waals surface area (Å²) in [5.74, 6) is 0.267. The summed E-state index contributed by atoms with van der Waals surface area (Å²) in [5, 5.41) is 11.0. The Kier molecular flexibility index (Phi) is 6.03. The molecule has 12 heteroatoms. The zero-order valence-corrected chi connectivity index (χ0v) is 23.0. The number of nitriles is 1. The van der Waals surface area contributed by atoms with E-state index in [0.29, 0.717) is 33.0 Å². The molecule has 1 aliphatic heterocycles. The summed E-state index contributed by atoms with van der Waals surface area (Å²) in [4.78, 5) is 20.0. The molecule has 6 rings (SSSR count). The van der Waals surface area contributed by atoms with Gasteiger partial charge in [-0.2, -0.15) is 15.2 Å². The fraction of sp³-hybridized carbons (Fsp3) is 0.250. The van der Waals surface area contributed by atoms with Crippen molar-refractivity contribution in [1.29, 1.82) is 5.26 Å². The van der Waals surface area contributed by atoms with E-state index in [0.717, 1.165) is 10.3 Å². The van der Waals surface area contributed by atoms with Gasteiger partial charge in [-0.15, -0.1) is 11.3 Å². The van der Waals surface area contributed by atoms with Crippen LogP contribution in [0.1, 0.15) is 37.9 Å². The number of ether oxygens (including phenoxy) is 2. The van der Waals surface area contributed by atoms with Gasteiger partial charge in [0, 0.05) is 27.4 Å². The summed E-state index contributed by atoms with van der Waals surface area (Å²) in [7, 11) is 1.43. The van der Waals surface area contributed by atoms with Crippen LogP contribution in [0.2, 0.25) is 0 Å². The average molecular weight is 557 g/mol. The summed E-state index contributed by atoms with van der Waals surface area (Å²) < 4.78 is 29.1. The van der Waals surface area contributed by atoms with Crippen LogP contribution >= 0.6 is 11.3 Å². The predicted molar refractivity (Wildman–Crippen MR) is 153 cm³/mol. The maximum atomic E-state index is 16.6. The smallest absolute Gasteiger partial charge is 0.318 e. The minimum atomic E-state index is -0.693. The lowest BCUT2D eigenvalue weighted by atomic mass is 10.0. The van der Waals surface area contributed by atoms with E-state index in [4.69, 9.17) is 25.9 Å². The van der Waals surface area contributed by atoms with Crippen molar-refractivity contribution >= 4 is 49.0 Å². The molecule has 0 aliphatic carbocycles. The Morgan fingerprint density at radius 3 is 2.67 bits per heavy atom. The van der Waals surface area contributed by atoms with Gasteiger partial charge in [0.25, 0.3) is 0 Å². The van der Waals surface area contributed by atoms with E-state index < -0.39 is 11.9 Å². The highest BCUT2D eigenvalue weighted by Gasteiger charge is 2.37. The third-order valence-corrected chi connectivity index (χ3v) is 8.39. The zero-order chi connectivity index (χ0) is 28.3. The summed E-state index contributed by atoms with van der Waals surface area (Å²) in [6.07, 6.45) is 1.24. The van der Waals surface area contributed by atoms with Gasteiger partial charge >= 0.3 is 6.01 Å². The number of nitrogen functional groups attached to an aromatic ring is 2. The number of hydrogen-bond acceptors (Lipinski definition) is 11. The summed E-state index contributed by atoms with van der Waals surface area (Å²) in [6, 6.07) is 10.6. The van der Waals surface area contributed by atoms with Crippen molar-refractivity contribution in [1.82, 2.24) is 19.9 Å². The molecular formula is C28H25FN8O2S. The molecule has 0 amide bonds. The Morgan fingerprint density at radius 2 is 1.95 bits per heavy atom. The number of methoxy groups -OCH3 is 1. The van der Waals surface area contributed by atoms with E-state index in [1.807, 2.05) is 43.9 Å². The third-order valence-electron chi connectivity index (χ3n) is 7.40. The van der Waals surface area contributed by atoms with Crippen molar-refractivity contribution in [2.45, 2.75) is 39.0 Å². The number of nitrogens with two attached hydrogens (primary N) is 2. The third kappa shape index (κ3) is 3.73. The van der Waals surface area contributed by atoms with E-state index in [-0.39, 0.29) is 40.7 Å². The predicted octanol–water partition coefficient (Wildman–Crippen LogP) is 5.22. The maximum absolute atomic E-state index is 16.6. The topological polar surface area (TPSA) is 149 Å². The van der Waals surface area contributed by atoms with E-state index >= 15 is 4.39 Å². The lowest BCUT2D eigenvalue weighted by Gasteiger charge is -2.37. The molecular weight excluding hydrogens is 531 g/mol. The lowest BCUT2D eigenvalue weighted by Crippen LogP contribution is -2.44. The molecule has 4 N–H and O–H groups in total. The fourth-order valence-electron chi connectivity index (χ4n) is 5.28. The molecule has 40 heavy (non-hydrogen) atoms. The molecule has 1 aromatic carbocycles. The molecule has 5 heterocycles. The fourth-order valence-corrected chi connectivity index (χ4v) is 6.23. The quantitative estimate of drug-likeness (QED) is 0.302. The van der Waals surface area contributed by atoms with E-state index in [1.54, 1.807) is 18.3 Å². The number of pyridine rings is 2. The molecule has 0 saturated carbocycles. The largest absolute Gasteiger partial charge is 0.472 e. The standard InChI is InChI=1S/C28H25FN8O2S/c1-12-14(3)39-27-20-23(21(29)22(34-27)16-7-5-9-18-19(16)17(11-30)25(32)40-18)35-28(38-4)36-26(20)37(12)13(2)15-8-6-10-33-24(15)31/h5-10,12-14H,32H2,1-4H3,(H2,31,33).